The van der Waals surface area contributed by atoms with Crippen LogP contribution in [0.4, 0.5) is 13.2 Å². The zero-order chi connectivity index (χ0) is 23.0. The Balaban J connectivity index is 0.000000360. The first-order chi connectivity index (χ1) is 15.3. The highest BCUT2D eigenvalue weighted by molar-refractivity contribution is 5.73. The Morgan fingerprint density at radius 3 is 2.28 bits per heavy atom. The molecule has 2 aromatic heterocycles. The van der Waals surface area contributed by atoms with E-state index in [2.05, 4.69) is 74.0 Å². The Morgan fingerprint density at radius 2 is 1.75 bits per heavy atom. The lowest BCUT2D eigenvalue weighted by molar-refractivity contribution is -0.192. The Morgan fingerprint density at radius 1 is 1.06 bits per heavy atom. The van der Waals surface area contributed by atoms with Crippen LogP contribution in [0.3, 0.4) is 0 Å². The van der Waals surface area contributed by atoms with Crippen LogP contribution in [0.25, 0.3) is 11.3 Å². The van der Waals surface area contributed by atoms with Crippen molar-refractivity contribution in [1.82, 2.24) is 25.5 Å². The fourth-order valence-corrected chi connectivity index (χ4v) is 2.92. The quantitative estimate of drug-likeness (QED) is 0.355. The number of carboxylic acid groups (broad SMARTS) is 1. The molecular formula is C22H20F3N5O2. The number of carbonyl (C=O) groups is 1. The van der Waals surface area contributed by atoms with Gasteiger partial charge in [0, 0.05) is 18.9 Å². The van der Waals surface area contributed by atoms with E-state index in [4.69, 9.17) is 9.90 Å². The van der Waals surface area contributed by atoms with Gasteiger partial charge in [0.1, 0.15) is 0 Å². The van der Waals surface area contributed by atoms with Crippen molar-refractivity contribution in [2.75, 3.05) is 0 Å². The summed E-state index contributed by atoms with van der Waals surface area (Å²) in [6.07, 6.45) is 0.262. The second-order valence-electron chi connectivity index (χ2n) is 6.70. The van der Waals surface area contributed by atoms with Crippen molar-refractivity contribution in [2.24, 2.45) is 0 Å². The molecule has 4 N–H and O–H groups in total. The molecule has 4 aromatic rings. The van der Waals surface area contributed by atoms with E-state index in [1.165, 1.54) is 11.1 Å². The van der Waals surface area contributed by atoms with Crippen molar-refractivity contribution in [3.63, 3.8) is 0 Å². The van der Waals surface area contributed by atoms with Gasteiger partial charge in [-0.2, -0.15) is 18.3 Å². The summed E-state index contributed by atoms with van der Waals surface area (Å²) in [5.74, 6) is -2.76. The van der Waals surface area contributed by atoms with Crippen molar-refractivity contribution in [1.29, 1.82) is 0 Å². The van der Waals surface area contributed by atoms with E-state index in [1.807, 2.05) is 18.3 Å². The van der Waals surface area contributed by atoms with Crippen molar-refractivity contribution >= 4 is 5.97 Å². The summed E-state index contributed by atoms with van der Waals surface area (Å²) in [6, 6.07) is 20.9. The molecule has 2 heterocycles. The van der Waals surface area contributed by atoms with Gasteiger partial charge in [0.05, 0.1) is 23.8 Å². The SMILES string of the molecule is O=C(O)C(F)(F)F.c1ccc(C(NCc2ccc(-c3ccn[nH]3)cc2)c2cnc[nH]2)cc1. The van der Waals surface area contributed by atoms with Crippen molar-refractivity contribution in [3.8, 4) is 11.3 Å². The molecule has 0 saturated heterocycles. The van der Waals surface area contributed by atoms with Crippen LogP contribution in [0.5, 0.6) is 0 Å². The number of aromatic nitrogens is 4. The third-order valence-electron chi connectivity index (χ3n) is 4.48. The van der Waals surface area contributed by atoms with Gasteiger partial charge in [-0.3, -0.25) is 5.10 Å². The van der Waals surface area contributed by atoms with Gasteiger partial charge in [-0.15, -0.1) is 0 Å². The molecule has 32 heavy (non-hydrogen) atoms. The maximum atomic E-state index is 10.6. The zero-order valence-electron chi connectivity index (χ0n) is 16.7. The number of H-pyrrole nitrogens is 2. The highest BCUT2D eigenvalue weighted by Gasteiger charge is 2.38. The van der Waals surface area contributed by atoms with E-state index >= 15 is 0 Å². The van der Waals surface area contributed by atoms with Gasteiger partial charge in [0.15, 0.2) is 0 Å². The number of rotatable bonds is 6. The number of imidazole rings is 1. The summed E-state index contributed by atoms with van der Waals surface area (Å²) >= 11 is 0. The largest absolute Gasteiger partial charge is 0.490 e. The highest BCUT2D eigenvalue weighted by atomic mass is 19.4. The van der Waals surface area contributed by atoms with E-state index < -0.39 is 12.1 Å². The van der Waals surface area contributed by atoms with Crippen LogP contribution in [0.1, 0.15) is 22.9 Å². The second kappa shape index (κ2) is 10.4. The van der Waals surface area contributed by atoms with Gasteiger partial charge in [0.25, 0.3) is 0 Å². The number of aliphatic carboxylic acids is 1. The maximum Gasteiger partial charge on any atom is 0.490 e. The Labute approximate surface area is 181 Å². The van der Waals surface area contributed by atoms with Gasteiger partial charge in [-0.25, -0.2) is 9.78 Å². The number of halogens is 3. The lowest BCUT2D eigenvalue weighted by Crippen LogP contribution is -2.22. The van der Waals surface area contributed by atoms with E-state index in [1.54, 1.807) is 12.5 Å². The molecule has 0 aliphatic heterocycles. The molecule has 0 saturated carbocycles. The van der Waals surface area contributed by atoms with Crippen LogP contribution in [-0.2, 0) is 11.3 Å². The minimum absolute atomic E-state index is 0.0796. The number of aromatic amines is 2. The van der Waals surface area contributed by atoms with Crippen LogP contribution < -0.4 is 5.32 Å². The van der Waals surface area contributed by atoms with Crippen molar-refractivity contribution in [3.05, 3.63) is 96.2 Å². The fourth-order valence-electron chi connectivity index (χ4n) is 2.92. The Bertz CT molecular complexity index is 1080. The average Bonchev–Trinajstić information content (AvgIpc) is 3.50. The molecule has 0 bridgehead atoms. The standard InChI is InChI=1S/C20H19N5.C2HF3O2/c1-2-4-17(5-3-1)20(19-13-21-14-23-19)22-12-15-6-8-16(9-7-15)18-10-11-24-25-18;3-2(4,5)1(6)7/h1-11,13-14,20,22H,12H2,(H,21,23)(H,24,25);(H,6,7). The summed E-state index contributed by atoms with van der Waals surface area (Å²) in [6.45, 7) is 0.766. The molecule has 0 aliphatic rings. The topological polar surface area (TPSA) is 107 Å². The number of nitrogens with zero attached hydrogens (tertiary/aromatic N) is 2. The summed E-state index contributed by atoms with van der Waals surface area (Å²) in [4.78, 5) is 16.3. The normalized spacial score (nSPS) is 12.0. The molecule has 0 radical (unpaired) electrons. The smallest absolute Gasteiger partial charge is 0.475 e. The van der Waals surface area contributed by atoms with E-state index in [0.717, 1.165) is 23.5 Å². The molecule has 1 atom stereocenters. The van der Waals surface area contributed by atoms with Gasteiger partial charge in [-0.05, 0) is 22.8 Å². The summed E-state index contributed by atoms with van der Waals surface area (Å²) in [5, 5.41) is 17.7. The van der Waals surface area contributed by atoms with Crippen LogP contribution in [0.15, 0.2) is 79.4 Å². The number of alkyl halides is 3. The summed E-state index contributed by atoms with van der Waals surface area (Å²) in [5.41, 5.74) is 5.65. The molecular weight excluding hydrogens is 423 g/mol. The minimum atomic E-state index is -5.08. The molecule has 2 aromatic carbocycles. The van der Waals surface area contributed by atoms with Crippen LogP contribution in [0.2, 0.25) is 0 Å². The highest BCUT2D eigenvalue weighted by Crippen LogP contribution is 2.21. The lowest BCUT2D eigenvalue weighted by atomic mass is 10.0. The minimum Gasteiger partial charge on any atom is -0.475 e. The molecule has 0 amide bonds. The average molecular weight is 443 g/mol. The first kappa shape index (κ1) is 22.8. The monoisotopic (exact) mass is 443 g/mol. The third-order valence-corrected chi connectivity index (χ3v) is 4.48. The van der Waals surface area contributed by atoms with Crippen LogP contribution >= 0.6 is 0 Å². The molecule has 7 nitrogen and oxygen atoms in total. The first-order valence-corrected chi connectivity index (χ1v) is 9.50. The predicted molar refractivity (Wildman–Crippen MR) is 111 cm³/mol. The second-order valence-corrected chi connectivity index (χ2v) is 6.70. The van der Waals surface area contributed by atoms with Gasteiger partial charge in [0.2, 0.25) is 0 Å². The van der Waals surface area contributed by atoms with Gasteiger partial charge < -0.3 is 15.4 Å². The maximum absolute atomic E-state index is 10.6. The lowest BCUT2D eigenvalue weighted by Gasteiger charge is -2.18. The molecule has 0 fully saturated rings. The molecule has 0 aliphatic carbocycles. The van der Waals surface area contributed by atoms with Gasteiger partial charge in [-0.1, -0.05) is 54.6 Å². The molecule has 10 heteroatoms. The fraction of sp³-hybridized carbons (Fsp3) is 0.136. The third kappa shape index (κ3) is 6.29. The zero-order valence-corrected chi connectivity index (χ0v) is 16.7. The molecule has 166 valence electrons. The van der Waals surface area contributed by atoms with E-state index in [0.29, 0.717) is 0 Å². The predicted octanol–water partition coefficient (Wildman–Crippen LogP) is 4.31. The first-order valence-electron chi connectivity index (χ1n) is 9.50. The molecule has 1 unspecified atom stereocenters. The van der Waals surface area contributed by atoms with Crippen LogP contribution in [-0.4, -0.2) is 37.4 Å². The van der Waals surface area contributed by atoms with Crippen molar-refractivity contribution in [2.45, 2.75) is 18.8 Å². The van der Waals surface area contributed by atoms with Crippen molar-refractivity contribution < 1.29 is 23.1 Å². The number of nitrogens with one attached hydrogen (secondary N) is 3. The number of carboxylic acids is 1. The van der Waals surface area contributed by atoms with Crippen LogP contribution in [0, 0.1) is 0 Å². The van der Waals surface area contributed by atoms with E-state index in [9.17, 15) is 13.2 Å². The summed E-state index contributed by atoms with van der Waals surface area (Å²) in [7, 11) is 0. The van der Waals surface area contributed by atoms with E-state index in [-0.39, 0.29) is 6.04 Å². The number of hydrogen-bond donors (Lipinski definition) is 4. The Hall–Kier alpha value is -3.92. The number of benzene rings is 2. The Kier molecular flexibility index (Phi) is 7.40. The summed E-state index contributed by atoms with van der Waals surface area (Å²) < 4.78 is 31.7. The molecule has 0 spiro atoms. The number of hydrogen-bond acceptors (Lipinski definition) is 4. The van der Waals surface area contributed by atoms with Gasteiger partial charge >= 0.3 is 12.1 Å². The molecule has 4 rings (SSSR count).